The monoisotopic (exact) mass is 243 g/mol. The van der Waals surface area contributed by atoms with E-state index < -0.39 is 0 Å². The molecule has 0 radical (unpaired) electrons. The highest BCUT2D eigenvalue weighted by Crippen LogP contribution is 2.27. The molecule has 1 saturated heterocycles. The van der Waals surface area contributed by atoms with Crippen LogP contribution in [-0.2, 0) is 14.2 Å². The molecule has 17 heavy (non-hydrogen) atoms. The van der Waals surface area contributed by atoms with Crippen LogP contribution in [0.4, 0.5) is 0 Å². The fraction of sp³-hybridized carbons (Fsp3) is 1.00. The Morgan fingerprint density at radius 2 is 2.00 bits per heavy atom. The average molecular weight is 243 g/mol. The molecule has 1 heterocycles. The Hall–Kier alpha value is -0.160. The molecule has 0 aromatic heterocycles. The molecule has 0 aromatic rings. The highest BCUT2D eigenvalue weighted by molar-refractivity contribution is 4.95. The first-order valence-corrected chi connectivity index (χ1v) is 6.87. The number of hydrogen-bond acceptors (Lipinski definition) is 4. The molecule has 4 heteroatoms. The predicted octanol–water partition coefficient (Wildman–Crippen LogP) is 1.32. The van der Waals surface area contributed by atoms with Gasteiger partial charge >= 0.3 is 0 Å². The first-order chi connectivity index (χ1) is 8.31. The molecule has 0 bridgehead atoms. The molecule has 0 amide bonds. The van der Waals surface area contributed by atoms with Gasteiger partial charge in [-0.1, -0.05) is 6.92 Å². The van der Waals surface area contributed by atoms with E-state index in [1.165, 1.54) is 0 Å². The molecule has 2 N–H and O–H groups in total. The summed E-state index contributed by atoms with van der Waals surface area (Å²) in [5, 5.41) is 0. The molecule has 4 nitrogen and oxygen atoms in total. The van der Waals surface area contributed by atoms with E-state index in [-0.39, 0.29) is 18.2 Å². The van der Waals surface area contributed by atoms with Crippen molar-refractivity contribution in [2.24, 2.45) is 11.7 Å². The van der Waals surface area contributed by atoms with Crippen LogP contribution in [0.5, 0.6) is 0 Å². The maximum absolute atomic E-state index is 5.94. The molecule has 1 aliphatic heterocycles. The maximum Gasteiger partial charge on any atom is 0.0988 e. The summed E-state index contributed by atoms with van der Waals surface area (Å²) in [6, 6.07) is 0.168. The van der Waals surface area contributed by atoms with Crippen molar-refractivity contribution in [1.82, 2.24) is 0 Å². The largest absolute Gasteiger partial charge is 0.381 e. The Labute approximate surface area is 104 Å². The molecule has 2 rings (SSSR count). The van der Waals surface area contributed by atoms with Gasteiger partial charge in [0.2, 0.25) is 0 Å². The second-order valence-electron chi connectivity index (χ2n) is 5.16. The summed E-state index contributed by atoms with van der Waals surface area (Å²) in [6.07, 6.45) is 4.57. The molecular weight excluding hydrogens is 218 g/mol. The fourth-order valence-electron chi connectivity index (χ4n) is 2.44. The van der Waals surface area contributed by atoms with Crippen molar-refractivity contribution in [2.45, 2.75) is 50.9 Å². The van der Waals surface area contributed by atoms with Crippen molar-refractivity contribution in [2.75, 3.05) is 26.4 Å². The second-order valence-corrected chi connectivity index (χ2v) is 5.16. The number of rotatable bonds is 6. The number of nitrogens with two attached hydrogens (primary N) is 1. The average Bonchev–Trinajstić information content (AvgIpc) is 2.36. The summed E-state index contributed by atoms with van der Waals surface area (Å²) < 4.78 is 17.0. The van der Waals surface area contributed by atoms with Crippen molar-refractivity contribution >= 4 is 0 Å². The van der Waals surface area contributed by atoms with Crippen LogP contribution in [0.15, 0.2) is 0 Å². The molecule has 3 atom stereocenters. The molecule has 3 unspecified atom stereocenters. The van der Waals surface area contributed by atoms with Crippen LogP contribution < -0.4 is 5.73 Å². The van der Waals surface area contributed by atoms with Gasteiger partial charge in [-0.05, 0) is 31.6 Å². The van der Waals surface area contributed by atoms with Crippen molar-refractivity contribution in [3.63, 3.8) is 0 Å². The summed E-state index contributed by atoms with van der Waals surface area (Å²) in [5.41, 5.74) is 5.94. The maximum atomic E-state index is 5.94. The first kappa shape index (κ1) is 13.3. The highest BCUT2D eigenvalue weighted by atomic mass is 16.5. The van der Waals surface area contributed by atoms with E-state index in [0.29, 0.717) is 5.92 Å². The molecular formula is C13H25NO3. The van der Waals surface area contributed by atoms with Crippen LogP contribution in [0.3, 0.4) is 0 Å². The Bertz CT molecular complexity index is 219. The van der Waals surface area contributed by atoms with E-state index in [1.54, 1.807) is 0 Å². The molecule has 0 spiro atoms. The molecule has 100 valence electrons. The minimum Gasteiger partial charge on any atom is -0.381 e. The van der Waals surface area contributed by atoms with E-state index in [1.807, 2.05) is 0 Å². The highest BCUT2D eigenvalue weighted by Gasteiger charge is 2.40. The van der Waals surface area contributed by atoms with Crippen LogP contribution >= 0.6 is 0 Å². The van der Waals surface area contributed by atoms with Crippen LogP contribution in [-0.4, -0.2) is 44.7 Å². The second kappa shape index (κ2) is 6.69. The van der Waals surface area contributed by atoms with Gasteiger partial charge in [0.25, 0.3) is 0 Å². The Balaban J connectivity index is 1.64. The first-order valence-electron chi connectivity index (χ1n) is 6.87. The Morgan fingerprint density at radius 3 is 2.65 bits per heavy atom. The molecule has 2 aliphatic rings. The minimum absolute atomic E-state index is 0.120. The summed E-state index contributed by atoms with van der Waals surface area (Å²) in [5.74, 6) is 0.660. The van der Waals surface area contributed by atoms with Crippen molar-refractivity contribution in [1.29, 1.82) is 0 Å². The normalized spacial score (nSPS) is 34.6. The standard InChI is InChI=1S/C13H25NO3/c1-2-5-16-13-11(14)8-12(13)17-9-10-3-6-15-7-4-10/h10-13H,2-9,14H2,1H3. The molecule has 1 saturated carbocycles. The smallest absolute Gasteiger partial charge is 0.0988 e. The zero-order valence-corrected chi connectivity index (χ0v) is 10.8. The molecule has 1 aliphatic carbocycles. The van der Waals surface area contributed by atoms with Gasteiger partial charge in [-0.2, -0.15) is 0 Å². The fourth-order valence-corrected chi connectivity index (χ4v) is 2.44. The van der Waals surface area contributed by atoms with Gasteiger partial charge in [0, 0.05) is 25.9 Å². The van der Waals surface area contributed by atoms with Crippen molar-refractivity contribution in [3.8, 4) is 0 Å². The van der Waals surface area contributed by atoms with Gasteiger partial charge in [-0.25, -0.2) is 0 Å². The summed E-state index contributed by atoms with van der Waals surface area (Å²) in [6.45, 7) is 5.51. The lowest BCUT2D eigenvalue weighted by atomic mass is 9.86. The van der Waals surface area contributed by atoms with Gasteiger partial charge in [-0.15, -0.1) is 0 Å². The van der Waals surface area contributed by atoms with E-state index >= 15 is 0 Å². The van der Waals surface area contributed by atoms with E-state index in [0.717, 1.165) is 52.1 Å². The van der Waals surface area contributed by atoms with E-state index in [9.17, 15) is 0 Å². The lowest BCUT2D eigenvalue weighted by Gasteiger charge is -2.42. The van der Waals surface area contributed by atoms with Crippen LogP contribution in [0.1, 0.15) is 32.6 Å². The quantitative estimate of drug-likeness (QED) is 0.764. The van der Waals surface area contributed by atoms with Gasteiger partial charge in [0.1, 0.15) is 0 Å². The van der Waals surface area contributed by atoms with Gasteiger partial charge in [0.15, 0.2) is 0 Å². The van der Waals surface area contributed by atoms with Crippen LogP contribution in [0.2, 0.25) is 0 Å². The summed E-state index contributed by atoms with van der Waals surface area (Å²) in [7, 11) is 0. The summed E-state index contributed by atoms with van der Waals surface area (Å²) in [4.78, 5) is 0. The third-order valence-corrected chi connectivity index (χ3v) is 3.69. The lowest BCUT2D eigenvalue weighted by Crippen LogP contribution is -2.58. The van der Waals surface area contributed by atoms with E-state index in [4.69, 9.17) is 19.9 Å². The number of hydrogen-bond donors (Lipinski definition) is 1. The number of ether oxygens (including phenoxy) is 3. The topological polar surface area (TPSA) is 53.7 Å². The lowest BCUT2D eigenvalue weighted by molar-refractivity contribution is -0.148. The minimum atomic E-state index is 0.120. The van der Waals surface area contributed by atoms with Crippen molar-refractivity contribution in [3.05, 3.63) is 0 Å². The molecule has 0 aromatic carbocycles. The van der Waals surface area contributed by atoms with Gasteiger partial charge < -0.3 is 19.9 Å². The van der Waals surface area contributed by atoms with Gasteiger partial charge in [-0.3, -0.25) is 0 Å². The third kappa shape index (κ3) is 3.65. The predicted molar refractivity (Wildman–Crippen MR) is 65.9 cm³/mol. The van der Waals surface area contributed by atoms with Crippen LogP contribution in [0, 0.1) is 5.92 Å². The van der Waals surface area contributed by atoms with Crippen molar-refractivity contribution < 1.29 is 14.2 Å². The zero-order chi connectivity index (χ0) is 12.1. The Kier molecular flexibility index (Phi) is 5.22. The Morgan fingerprint density at radius 1 is 1.24 bits per heavy atom. The third-order valence-electron chi connectivity index (χ3n) is 3.69. The van der Waals surface area contributed by atoms with E-state index in [2.05, 4.69) is 6.92 Å². The summed E-state index contributed by atoms with van der Waals surface area (Å²) >= 11 is 0. The zero-order valence-electron chi connectivity index (χ0n) is 10.8. The molecule has 2 fully saturated rings. The van der Waals surface area contributed by atoms with Gasteiger partial charge in [0.05, 0.1) is 18.8 Å². The SMILES string of the molecule is CCCOC1C(N)CC1OCC1CCOCC1. The van der Waals surface area contributed by atoms with Crippen LogP contribution in [0.25, 0.3) is 0 Å².